The Balaban J connectivity index is 2.39. The van der Waals surface area contributed by atoms with Gasteiger partial charge in [-0.05, 0) is 47.0 Å². The normalized spacial score (nSPS) is 15.6. The van der Waals surface area contributed by atoms with Gasteiger partial charge in [0.1, 0.15) is 0 Å². The molecule has 0 saturated carbocycles. The van der Waals surface area contributed by atoms with E-state index in [2.05, 4.69) is 57.2 Å². The molecule has 1 N–H and O–H groups in total. The van der Waals surface area contributed by atoms with Crippen LogP contribution in [0.1, 0.15) is 29.6 Å². The first kappa shape index (κ1) is 12.7. The van der Waals surface area contributed by atoms with Gasteiger partial charge in [-0.3, -0.25) is 0 Å². The van der Waals surface area contributed by atoms with Gasteiger partial charge in [-0.15, -0.1) is 11.3 Å². The highest BCUT2D eigenvalue weighted by molar-refractivity contribution is 7.12. The van der Waals surface area contributed by atoms with Crippen molar-refractivity contribution in [2.24, 2.45) is 0 Å². The van der Waals surface area contributed by atoms with Gasteiger partial charge >= 0.3 is 0 Å². The number of nitrogens with one attached hydrogen (secondary N) is 1. The first-order chi connectivity index (χ1) is 7.00. The molecule has 0 aliphatic carbocycles. The predicted molar refractivity (Wildman–Crippen MR) is 68.6 cm³/mol. The van der Waals surface area contributed by atoms with Crippen LogP contribution in [-0.4, -0.2) is 31.6 Å². The van der Waals surface area contributed by atoms with Gasteiger partial charge in [-0.1, -0.05) is 0 Å². The fraction of sp³-hybridized carbons (Fsp3) is 0.667. The fourth-order valence-corrected chi connectivity index (χ4v) is 2.22. The molecule has 2 atom stereocenters. The number of nitrogens with zero attached hydrogens (tertiary/aromatic N) is 1. The molecule has 0 radical (unpaired) electrons. The van der Waals surface area contributed by atoms with Crippen molar-refractivity contribution >= 4 is 11.3 Å². The molecule has 2 nitrogen and oxygen atoms in total. The molecule has 1 heterocycles. The van der Waals surface area contributed by atoms with Gasteiger partial charge < -0.3 is 10.2 Å². The van der Waals surface area contributed by atoms with Crippen LogP contribution in [0.2, 0.25) is 0 Å². The molecule has 0 aromatic carbocycles. The molecule has 0 aliphatic rings. The number of thiophene rings is 1. The summed E-state index contributed by atoms with van der Waals surface area (Å²) >= 11 is 1.88. The molecule has 0 spiro atoms. The smallest absolute Gasteiger partial charge is 0.0386 e. The summed E-state index contributed by atoms with van der Waals surface area (Å²) in [7, 11) is 4.23. The highest BCUT2D eigenvalue weighted by atomic mass is 32.1. The van der Waals surface area contributed by atoms with Gasteiger partial charge in [0.25, 0.3) is 0 Å². The second kappa shape index (κ2) is 5.64. The van der Waals surface area contributed by atoms with Crippen molar-refractivity contribution in [3.8, 4) is 0 Å². The summed E-state index contributed by atoms with van der Waals surface area (Å²) in [5, 5.41) is 3.56. The Hall–Kier alpha value is -0.380. The molecule has 0 bridgehead atoms. The van der Waals surface area contributed by atoms with Gasteiger partial charge in [0, 0.05) is 28.4 Å². The minimum absolute atomic E-state index is 0.464. The quantitative estimate of drug-likeness (QED) is 0.830. The van der Waals surface area contributed by atoms with Gasteiger partial charge in [0.05, 0.1) is 0 Å². The Morgan fingerprint density at radius 1 is 1.33 bits per heavy atom. The van der Waals surface area contributed by atoms with Gasteiger partial charge in [-0.25, -0.2) is 0 Å². The monoisotopic (exact) mass is 226 g/mol. The molecule has 2 unspecified atom stereocenters. The maximum absolute atomic E-state index is 3.56. The standard InChI is InChI=1S/C12H22N2S/c1-9(14(4)5)8-13-11(3)12-7-6-10(2)15-12/h6-7,9,11,13H,8H2,1-5H3. The SMILES string of the molecule is Cc1ccc(C(C)NCC(C)N(C)C)s1. The molecular weight excluding hydrogens is 204 g/mol. The van der Waals surface area contributed by atoms with E-state index in [1.165, 1.54) is 9.75 Å². The van der Waals surface area contributed by atoms with Gasteiger partial charge in [0.2, 0.25) is 0 Å². The van der Waals surface area contributed by atoms with E-state index in [1.807, 2.05) is 11.3 Å². The van der Waals surface area contributed by atoms with Crippen LogP contribution in [-0.2, 0) is 0 Å². The number of rotatable bonds is 5. The molecule has 15 heavy (non-hydrogen) atoms. The van der Waals surface area contributed by atoms with E-state index in [0.29, 0.717) is 12.1 Å². The Labute approximate surface area is 97.3 Å². The first-order valence-electron chi connectivity index (χ1n) is 5.47. The summed E-state index contributed by atoms with van der Waals surface area (Å²) in [5.74, 6) is 0. The summed E-state index contributed by atoms with van der Waals surface area (Å²) in [6.07, 6.45) is 0. The molecule has 1 aromatic heterocycles. The van der Waals surface area contributed by atoms with E-state index in [9.17, 15) is 0 Å². The van der Waals surface area contributed by atoms with E-state index >= 15 is 0 Å². The van der Waals surface area contributed by atoms with Gasteiger partial charge in [0.15, 0.2) is 0 Å². The van der Waals surface area contributed by atoms with Crippen molar-refractivity contribution in [2.45, 2.75) is 32.9 Å². The van der Waals surface area contributed by atoms with Crippen molar-refractivity contribution in [1.82, 2.24) is 10.2 Å². The van der Waals surface area contributed by atoms with E-state index in [0.717, 1.165) is 6.54 Å². The van der Waals surface area contributed by atoms with E-state index in [1.54, 1.807) is 0 Å². The van der Waals surface area contributed by atoms with Crippen molar-refractivity contribution < 1.29 is 0 Å². The van der Waals surface area contributed by atoms with Crippen LogP contribution >= 0.6 is 11.3 Å². The maximum Gasteiger partial charge on any atom is 0.0386 e. The van der Waals surface area contributed by atoms with Crippen LogP contribution in [0.3, 0.4) is 0 Å². The number of hydrogen-bond acceptors (Lipinski definition) is 3. The molecule has 1 rings (SSSR count). The van der Waals surface area contributed by atoms with Crippen molar-refractivity contribution in [3.63, 3.8) is 0 Å². The van der Waals surface area contributed by atoms with Crippen LogP contribution in [0.5, 0.6) is 0 Å². The van der Waals surface area contributed by atoms with Crippen molar-refractivity contribution in [1.29, 1.82) is 0 Å². The molecule has 3 heteroatoms. The minimum atomic E-state index is 0.464. The number of hydrogen-bond donors (Lipinski definition) is 1. The van der Waals surface area contributed by atoms with Crippen LogP contribution in [0.25, 0.3) is 0 Å². The predicted octanol–water partition coefficient (Wildman–Crippen LogP) is 2.66. The third-order valence-electron chi connectivity index (χ3n) is 2.79. The molecule has 0 saturated heterocycles. The third-order valence-corrected chi connectivity index (χ3v) is 3.97. The summed E-state index contributed by atoms with van der Waals surface area (Å²) in [6.45, 7) is 7.65. The second-order valence-electron chi connectivity index (χ2n) is 4.39. The molecule has 0 amide bonds. The average Bonchev–Trinajstić information content (AvgIpc) is 2.60. The van der Waals surface area contributed by atoms with Crippen LogP contribution in [0.4, 0.5) is 0 Å². The largest absolute Gasteiger partial charge is 0.308 e. The van der Waals surface area contributed by atoms with Gasteiger partial charge in [-0.2, -0.15) is 0 Å². The zero-order chi connectivity index (χ0) is 11.4. The van der Waals surface area contributed by atoms with Crippen LogP contribution < -0.4 is 5.32 Å². The first-order valence-corrected chi connectivity index (χ1v) is 6.28. The average molecular weight is 226 g/mol. The van der Waals surface area contributed by atoms with Crippen LogP contribution in [0.15, 0.2) is 12.1 Å². The minimum Gasteiger partial charge on any atom is -0.308 e. The Morgan fingerprint density at radius 2 is 2.00 bits per heavy atom. The zero-order valence-corrected chi connectivity index (χ0v) is 11.2. The molecular formula is C12H22N2S. The topological polar surface area (TPSA) is 15.3 Å². The lowest BCUT2D eigenvalue weighted by molar-refractivity contribution is 0.296. The Bertz CT molecular complexity index is 294. The molecule has 1 aromatic rings. The molecule has 86 valence electrons. The van der Waals surface area contributed by atoms with E-state index in [4.69, 9.17) is 0 Å². The molecule has 0 aliphatic heterocycles. The van der Waals surface area contributed by atoms with Crippen molar-refractivity contribution in [3.05, 3.63) is 21.9 Å². The number of likely N-dealkylation sites (N-methyl/N-ethyl adjacent to an activating group) is 1. The summed E-state index contributed by atoms with van der Waals surface area (Å²) in [5.41, 5.74) is 0. The highest BCUT2D eigenvalue weighted by Gasteiger charge is 2.09. The molecule has 0 fully saturated rings. The second-order valence-corrected chi connectivity index (χ2v) is 5.71. The Kier molecular flexibility index (Phi) is 4.77. The fourth-order valence-electron chi connectivity index (χ4n) is 1.32. The lowest BCUT2D eigenvalue weighted by atomic mass is 10.2. The van der Waals surface area contributed by atoms with Crippen molar-refractivity contribution in [2.75, 3.05) is 20.6 Å². The highest BCUT2D eigenvalue weighted by Crippen LogP contribution is 2.22. The van der Waals surface area contributed by atoms with Crippen LogP contribution in [0, 0.1) is 6.92 Å². The zero-order valence-electron chi connectivity index (χ0n) is 10.4. The van der Waals surface area contributed by atoms with E-state index in [-0.39, 0.29) is 0 Å². The number of aryl methyl sites for hydroxylation is 1. The maximum atomic E-state index is 3.56. The lowest BCUT2D eigenvalue weighted by Gasteiger charge is -2.22. The lowest BCUT2D eigenvalue weighted by Crippen LogP contribution is -2.36. The summed E-state index contributed by atoms with van der Waals surface area (Å²) < 4.78 is 0. The third kappa shape index (κ3) is 3.93. The van der Waals surface area contributed by atoms with E-state index < -0.39 is 0 Å². The summed E-state index contributed by atoms with van der Waals surface area (Å²) in [4.78, 5) is 5.05. The Morgan fingerprint density at radius 3 is 2.47 bits per heavy atom. The summed E-state index contributed by atoms with van der Waals surface area (Å²) in [6, 6.07) is 5.45.